The maximum atomic E-state index is 13.4. The van der Waals surface area contributed by atoms with Crippen molar-refractivity contribution in [2.24, 2.45) is 5.92 Å². The third kappa shape index (κ3) is 5.64. The molecule has 31 heavy (non-hydrogen) atoms. The van der Waals surface area contributed by atoms with E-state index in [4.69, 9.17) is 0 Å². The van der Waals surface area contributed by atoms with E-state index in [1.807, 2.05) is 48.7 Å². The molecule has 168 valence electrons. The van der Waals surface area contributed by atoms with Crippen LogP contribution >= 0.6 is 0 Å². The molecule has 0 bridgehead atoms. The molecular formula is C24H33N3O3S. The van der Waals surface area contributed by atoms with Crippen LogP contribution in [0.2, 0.25) is 0 Å². The number of aromatic nitrogens is 2. The van der Waals surface area contributed by atoms with Gasteiger partial charge in [0.1, 0.15) is 0 Å². The standard InChI is InChI=1S/C24H33N3O3S/c1-4-15-26(23(28)19(2)3)17-22-16-25-24(27(22)21-13-9-6-10-14-21)31(29,30)18-20-11-7-5-8-12-20/h4-5,7-8,11-12,16,19,21H,1,6,9-10,13-15,17-18H2,2-3H3. The number of benzene rings is 1. The van der Waals surface area contributed by atoms with Crippen LogP contribution in [-0.4, -0.2) is 35.3 Å². The van der Waals surface area contributed by atoms with Crippen LogP contribution in [0.5, 0.6) is 0 Å². The number of imidazole rings is 1. The number of carbonyl (C=O) groups is 1. The van der Waals surface area contributed by atoms with Gasteiger partial charge >= 0.3 is 0 Å². The second kappa shape index (κ2) is 10.3. The molecule has 0 saturated heterocycles. The molecule has 1 fully saturated rings. The van der Waals surface area contributed by atoms with Gasteiger partial charge in [0.25, 0.3) is 0 Å². The van der Waals surface area contributed by atoms with E-state index in [0.717, 1.165) is 36.9 Å². The van der Waals surface area contributed by atoms with E-state index in [-0.39, 0.29) is 28.8 Å². The summed E-state index contributed by atoms with van der Waals surface area (Å²) in [6.45, 7) is 8.25. The monoisotopic (exact) mass is 443 g/mol. The average molecular weight is 444 g/mol. The van der Waals surface area contributed by atoms with Crippen LogP contribution in [0.3, 0.4) is 0 Å². The number of rotatable bonds is 9. The Bertz CT molecular complexity index is 990. The number of amides is 1. The number of hydrogen-bond donors (Lipinski definition) is 0. The van der Waals surface area contributed by atoms with Gasteiger partial charge in [0, 0.05) is 18.5 Å². The fraction of sp³-hybridized carbons (Fsp3) is 0.500. The van der Waals surface area contributed by atoms with Crippen LogP contribution in [0.1, 0.15) is 63.3 Å². The first-order valence-corrected chi connectivity index (χ1v) is 12.7. The quantitative estimate of drug-likeness (QED) is 0.534. The zero-order chi connectivity index (χ0) is 22.4. The fourth-order valence-electron chi connectivity index (χ4n) is 4.26. The maximum Gasteiger partial charge on any atom is 0.228 e. The van der Waals surface area contributed by atoms with E-state index in [1.54, 1.807) is 17.2 Å². The lowest BCUT2D eigenvalue weighted by Crippen LogP contribution is -2.35. The van der Waals surface area contributed by atoms with Gasteiger partial charge in [-0.15, -0.1) is 6.58 Å². The minimum Gasteiger partial charge on any atom is -0.333 e. The van der Waals surface area contributed by atoms with Gasteiger partial charge in [0.05, 0.1) is 24.2 Å². The molecular weight excluding hydrogens is 410 g/mol. The number of carbonyl (C=O) groups excluding carboxylic acids is 1. The third-order valence-electron chi connectivity index (χ3n) is 5.76. The lowest BCUT2D eigenvalue weighted by atomic mass is 9.95. The largest absolute Gasteiger partial charge is 0.333 e. The van der Waals surface area contributed by atoms with Crippen molar-refractivity contribution in [3.63, 3.8) is 0 Å². The lowest BCUT2D eigenvalue weighted by Gasteiger charge is -2.29. The molecule has 1 saturated carbocycles. The smallest absolute Gasteiger partial charge is 0.228 e. The summed E-state index contributed by atoms with van der Waals surface area (Å²) in [6, 6.07) is 9.28. The summed E-state index contributed by atoms with van der Waals surface area (Å²) in [7, 11) is -3.63. The van der Waals surface area contributed by atoms with Crippen LogP contribution in [0.25, 0.3) is 0 Å². The molecule has 0 radical (unpaired) electrons. The summed E-state index contributed by atoms with van der Waals surface area (Å²) < 4.78 is 28.6. The lowest BCUT2D eigenvalue weighted by molar-refractivity contribution is -0.134. The van der Waals surface area contributed by atoms with Crippen molar-refractivity contribution in [1.82, 2.24) is 14.5 Å². The van der Waals surface area contributed by atoms with Gasteiger partial charge in [-0.3, -0.25) is 4.79 Å². The SMILES string of the molecule is C=CCN(Cc1cnc(S(=O)(=O)Cc2ccccc2)n1C1CCCCC1)C(=O)C(C)C. The Morgan fingerprint density at radius 2 is 1.90 bits per heavy atom. The minimum absolute atomic E-state index is 0.0185. The molecule has 1 aliphatic carbocycles. The molecule has 1 aromatic carbocycles. The van der Waals surface area contributed by atoms with Crippen molar-refractivity contribution >= 4 is 15.7 Å². The summed E-state index contributed by atoms with van der Waals surface area (Å²) in [5.41, 5.74) is 1.51. The van der Waals surface area contributed by atoms with E-state index >= 15 is 0 Å². The zero-order valence-corrected chi connectivity index (χ0v) is 19.4. The van der Waals surface area contributed by atoms with Crippen molar-refractivity contribution in [3.05, 3.63) is 60.4 Å². The first-order valence-electron chi connectivity index (χ1n) is 11.1. The molecule has 1 aliphatic rings. The van der Waals surface area contributed by atoms with Crippen LogP contribution in [-0.2, 0) is 26.9 Å². The minimum atomic E-state index is -3.63. The molecule has 7 heteroatoms. The summed E-state index contributed by atoms with van der Waals surface area (Å²) >= 11 is 0. The fourth-order valence-corrected chi connectivity index (χ4v) is 5.80. The molecule has 3 rings (SSSR count). The van der Waals surface area contributed by atoms with Crippen LogP contribution in [0.4, 0.5) is 0 Å². The number of hydrogen-bond acceptors (Lipinski definition) is 4. The highest BCUT2D eigenvalue weighted by Crippen LogP contribution is 2.33. The Labute approximate surface area is 185 Å². The second-order valence-electron chi connectivity index (χ2n) is 8.60. The predicted octanol–water partition coefficient (Wildman–Crippen LogP) is 4.53. The van der Waals surface area contributed by atoms with Crippen LogP contribution in [0.15, 0.2) is 54.3 Å². The topological polar surface area (TPSA) is 72.3 Å². The van der Waals surface area contributed by atoms with Gasteiger partial charge in [-0.1, -0.05) is 69.5 Å². The Balaban J connectivity index is 1.99. The summed E-state index contributed by atoms with van der Waals surface area (Å²) in [5, 5.41) is 0.119. The maximum absolute atomic E-state index is 13.4. The van der Waals surface area contributed by atoms with Crippen molar-refractivity contribution in [3.8, 4) is 0 Å². The van der Waals surface area contributed by atoms with Gasteiger partial charge in [-0.25, -0.2) is 13.4 Å². The van der Waals surface area contributed by atoms with E-state index in [9.17, 15) is 13.2 Å². The second-order valence-corrected chi connectivity index (χ2v) is 10.5. The Hall–Kier alpha value is -2.41. The third-order valence-corrected chi connectivity index (χ3v) is 7.34. The molecule has 0 aliphatic heterocycles. The van der Waals surface area contributed by atoms with Gasteiger partial charge < -0.3 is 9.47 Å². The Morgan fingerprint density at radius 3 is 2.52 bits per heavy atom. The number of nitrogens with zero attached hydrogens (tertiary/aromatic N) is 3. The Morgan fingerprint density at radius 1 is 1.23 bits per heavy atom. The molecule has 6 nitrogen and oxygen atoms in total. The van der Waals surface area contributed by atoms with Gasteiger partial charge in [0.15, 0.2) is 0 Å². The van der Waals surface area contributed by atoms with Crippen molar-refractivity contribution in [2.45, 2.75) is 69.4 Å². The number of sulfone groups is 1. The van der Waals surface area contributed by atoms with Crippen LogP contribution < -0.4 is 0 Å². The van der Waals surface area contributed by atoms with Crippen molar-refractivity contribution in [2.75, 3.05) is 6.54 Å². The zero-order valence-electron chi connectivity index (χ0n) is 18.5. The Kier molecular flexibility index (Phi) is 7.70. The molecule has 0 unspecified atom stereocenters. The molecule has 0 atom stereocenters. The molecule has 1 heterocycles. The molecule has 0 spiro atoms. The first kappa shape index (κ1) is 23.3. The average Bonchev–Trinajstić information content (AvgIpc) is 3.18. The van der Waals surface area contributed by atoms with Gasteiger partial charge in [-0.05, 0) is 18.4 Å². The van der Waals surface area contributed by atoms with E-state index in [1.165, 1.54) is 6.42 Å². The van der Waals surface area contributed by atoms with Gasteiger partial charge in [-0.2, -0.15) is 0 Å². The molecule has 1 amide bonds. The van der Waals surface area contributed by atoms with Crippen molar-refractivity contribution < 1.29 is 13.2 Å². The summed E-state index contributed by atoms with van der Waals surface area (Å²) in [4.78, 5) is 18.8. The highest BCUT2D eigenvalue weighted by atomic mass is 32.2. The summed E-state index contributed by atoms with van der Waals surface area (Å²) in [5.74, 6) is -0.213. The van der Waals surface area contributed by atoms with E-state index in [2.05, 4.69) is 11.6 Å². The predicted molar refractivity (Wildman–Crippen MR) is 122 cm³/mol. The van der Waals surface area contributed by atoms with Crippen LogP contribution in [0, 0.1) is 5.92 Å². The van der Waals surface area contributed by atoms with Gasteiger partial charge in [0.2, 0.25) is 20.9 Å². The van der Waals surface area contributed by atoms with Crippen molar-refractivity contribution in [1.29, 1.82) is 0 Å². The molecule has 1 aromatic heterocycles. The first-order chi connectivity index (χ1) is 14.8. The highest BCUT2D eigenvalue weighted by molar-refractivity contribution is 7.90. The molecule has 2 aromatic rings. The molecule has 0 N–H and O–H groups in total. The van der Waals surface area contributed by atoms with E-state index in [0.29, 0.717) is 13.1 Å². The normalized spacial score (nSPS) is 15.2. The van der Waals surface area contributed by atoms with E-state index < -0.39 is 9.84 Å². The highest BCUT2D eigenvalue weighted by Gasteiger charge is 2.30. The summed E-state index contributed by atoms with van der Waals surface area (Å²) in [6.07, 6.45) is 8.50.